The van der Waals surface area contributed by atoms with Gasteiger partial charge in [-0.15, -0.1) is 0 Å². The van der Waals surface area contributed by atoms with Gasteiger partial charge in [-0.1, -0.05) is 48.5 Å². The van der Waals surface area contributed by atoms with Crippen molar-refractivity contribution < 1.29 is 14.6 Å². The van der Waals surface area contributed by atoms with E-state index in [1.165, 1.54) is 11.1 Å². The first-order chi connectivity index (χ1) is 13.8. The van der Waals surface area contributed by atoms with Crippen LogP contribution >= 0.6 is 0 Å². The summed E-state index contributed by atoms with van der Waals surface area (Å²) in [6.07, 6.45) is 0.219. The van der Waals surface area contributed by atoms with Gasteiger partial charge in [0, 0.05) is 30.3 Å². The number of aliphatic hydroxyl groups excluding tert-OH is 1. The summed E-state index contributed by atoms with van der Waals surface area (Å²) in [6, 6.07) is 22.8. The molecule has 3 aliphatic heterocycles. The molecule has 1 N–H and O–H groups in total. The summed E-state index contributed by atoms with van der Waals surface area (Å²) in [4.78, 5) is 2.10. The van der Waals surface area contributed by atoms with E-state index in [2.05, 4.69) is 35.2 Å². The topological polar surface area (TPSA) is 41.9 Å². The third-order valence-corrected chi connectivity index (χ3v) is 6.35. The number of hydrogen-bond donors (Lipinski definition) is 1. The number of hydrogen-bond acceptors (Lipinski definition) is 4. The molecule has 3 heterocycles. The van der Waals surface area contributed by atoms with Crippen molar-refractivity contribution in [3.05, 3.63) is 89.0 Å². The Hall–Kier alpha value is -2.98. The molecule has 0 bridgehead atoms. The van der Waals surface area contributed by atoms with Gasteiger partial charge in [0.15, 0.2) is 0 Å². The third-order valence-electron chi connectivity index (χ3n) is 6.35. The van der Waals surface area contributed by atoms with Crippen molar-refractivity contribution in [3.8, 4) is 11.5 Å². The van der Waals surface area contributed by atoms with E-state index in [1.807, 2.05) is 36.4 Å². The number of benzene rings is 3. The summed E-state index contributed by atoms with van der Waals surface area (Å²) in [7, 11) is 0. The Labute approximate surface area is 163 Å². The van der Waals surface area contributed by atoms with E-state index in [0.717, 1.165) is 34.7 Å². The van der Waals surface area contributed by atoms with Crippen LogP contribution in [0.1, 0.15) is 22.3 Å². The maximum absolute atomic E-state index is 11.6. The molecule has 3 aromatic rings. The molecule has 0 radical (unpaired) electrons. The van der Waals surface area contributed by atoms with Crippen molar-refractivity contribution >= 4 is 5.69 Å². The summed E-state index contributed by atoms with van der Waals surface area (Å²) in [5, 5.41) is 11.6. The number of fused-ring (bicyclic) bond motifs is 5. The summed E-state index contributed by atoms with van der Waals surface area (Å²) in [6.45, 7) is 1.81. The van der Waals surface area contributed by atoms with Gasteiger partial charge >= 0.3 is 0 Å². The van der Waals surface area contributed by atoms with Gasteiger partial charge in [0.1, 0.15) is 29.7 Å². The molecule has 6 rings (SSSR count). The van der Waals surface area contributed by atoms with Crippen LogP contribution in [-0.4, -0.2) is 24.5 Å². The van der Waals surface area contributed by atoms with Gasteiger partial charge in [-0.25, -0.2) is 0 Å². The summed E-state index contributed by atoms with van der Waals surface area (Å²) in [5.74, 6) is 1.74. The molecule has 3 aromatic carbocycles. The lowest BCUT2D eigenvalue weighted by molar-refractivity contribution is 0.0942. The fourth-order valence-corrected chi connectivity index (χ4v) is 4.97. The second kappa shape index (κ2) is 5.76. The Kier molecular flexibility index (Phi) is 3.29. The minimum absolute atomic E-state index is 0.439. The van der Waals surface area contributed by atoms with Gasteiger partial charge < -0.3 is 19.5 Å². The zero-order valence-electron chi connectivity index (χ0n) is 15.5. The highest BCUT2D eigenvalue weighted by Crippen LogP contribution is 2.55. The number of ether oxygens (including phenoxy) is 2. The van der Waals surface area contributed by atoms with Crippen LogP contribution in [0.25, 0.3) is 0 Å². The predicted octanol–water partition coefficient (Wildman–Crippen LogP) is 3.64. The average molecular weight is 371 g/mol. The Morgan fingerprint density at radius 2 is 1.75 bits per heavy atom. The van der Waals surface area contributed by atoms with Gasteiger partial charge in [-0.2, -0.15) is 0 Å². The highest BCUT2D eigenvalue weighted by atomic mass is 16.5. The largest absolute Gasteiger partial charge is 0.493 e. The molecule has 4 heteroatoms. The SMILES string of the molecule is OC1N(Cc2ccccc2)c2ccccc2C12COc1cc3c(cc12)CCO3. The number of anilines is 1. The van der Waals surface area contributed by atoms with Crippen molar-refractivity contribution in [1.29, 1.82) is 0 Å². The van der Waals surface area contributed by atoms with Crippen molar-refractivity contribution in [2.75, 3.05) is 18.1 Å². The fourth-order valence-electron chi connectivity index (χ4n) is 4.97. The van der Waals surface area contributed by atoms with Crippen LogP contribution in [0.3, 0.4) is 0 Å². The third kappa shape index (κ3) is 2.04. The van der Waals surface area contributed by atoms with Crippen molar-refractivity contribution in [2.24, 2.45) is 0 Å². The van der Waals surface area contributed by atoms with Crippen LogP contribution in [0.2, 0.25) is 0 Å². The minimum atomic E-state index is -0.688. The zero-order valence-corrected chi connectivity index (χ0v) is 15.5. The first kappa shape index (κ1) is 16.0. The molecule has 140 valence electrons. The van der Waals surface area contributed by atoms with Gasteiger partial charge in [0.05, 0.1) is 6.61 Å². The van der Waals surface area contributed by atoms with E-state index < -0.39 is 11.6 Å². The van der Waals surface area contributed by atoms with Crippen LogP contribution in [0.15, 0.2) is 66.7 Å². The van der Waals surface area contributed by atoms with Gasteiger partial charge in [0.25, 0.3) is 0 Å². The molecule has 3 aliphatic rings. The summed E-state index contributed by atoms with van der Waals surface area (Å²) < 4.78 is 11.8. The average Bonchev–Trinajstić information content (AvgIpc) is 3.40. The molecule has 2 atom stereocenters. The molecule has 28 heavy (non-hydrogen) atoms. The first-order valence-corrected chi connectivity index (χ1v) is 9.78. The van der Waals surface area contributed by atoms with E-state index in [4.69, 9.17) is 9.47 Å². The number of rotatable bonds is 2. The lowest BCUT2D eigenvalue weighted by Gasteiger charge is -2.32. The monoisotopic (exact) mass is 371 g/mol. The van der Waals surface area contributed by atoms with Crippen LogP contribution in [0.4, 0.5) is 5.69 Å². The lowest BCUT2D eigenvalue weighted by atomic mass is 9.76. The minimum Gasteiger partial charge on any atom is -0.493 e. The molecule has 1 spiro atoms. The second-order valence-corrected chi connectivity index (χ2v) is 7.82. The maximum Gasteiger partial charge on any atom is 0.144 e. The molecule has 4 nitrogen and oxygen atoms in total. The molecular formula is C24H21NO3. The standard InChI is InChI=1S/C24H21NO3/c26-23-24(15-28-22-13-21-17(10-11-27-21)12-19(22)24)18-8-4-5-9-20(18)25(23)14-16-6-2-1-3-7-16/h1-9,12-13,23,26H,10-11,14-15H2. The Balaban J connectivity index is 1.51. The Morgan fingerprint density at radius 3 is 2.64 bits per heavy atom. The molecule has 0 fully saturated rings. The van der Waals surface area contributed by atoms with E-state index >= 15 is 0 Å². The predicted molar refractivity (Wildman–Crippen MR) is 107 cm³/mol. The van der Waals surface area contributed by atoms with Gasteiger partial charge in [0.2, 0.25) is 0 Å². The molecule has 0 aliphatic carbocycles. The molecular weight excluding hydrogens is 350 g/mol. The second-order valence-electron chi connectivity index (χ2n) is 7.82. The zero-order chi connectivity index (χ0) is 18.7. The van der Waals surface area contributed by atoms with Crippen LogP contribution < -0.4 is 14.4 Å². The van der Waals surface area contributed by atoms with Crippen LogP contribution in [-0.2, 0) is 18.4 Å². The molecule has 2 unspecified atom stereocenters. The van der Waals surface area contributed by atoms with Gasteiger partial charge in [-0.05, 0) is 28.8 Å². The molecule has 0 aromatic heterocycles. The molecule has 0 amide bonds. The van der Waals surface area contributed by atoms with E-state index in [1.54, 1.807) is 0 Å². The van der Waals surface area contributed by atoms with E-state index in [-0.39, 0.29) is 0 Å². The number of nitrogens with zero attached hydrogens (tertiary/aromatic N) is 1. The van der Waals surface area contributed by atoms with Crippen molar-refractivity contribution in [1.82, 2.24) is 0 Å². The number of para-hydroxylation sites is 1. The Bertz CT molecular complexity index is 1060. The van der Waals surface area contributed by atoms with Crippen molar-refractivity contribution in [3.63, 3.8) is 0 Å². The van der Waals surface area contributed by atoms with Crippen molar-refractivity contribution in [2.45, 2.75) is 24.6 Å². The Morgan fingerprint density at radius 1 is 0.929 bits per heavy atom. The first-order valence-electron chi connectivity index (χ1n) is 9.78. The van der Waals surface area contributed by atoms with Gasteiger partial charge in [-0.3, -0.25) is 0 Å². The van der Waals surface area contributed by atoms with E-state index in [9.17, 15) is 5.11 Å². The molecule has 0 saturated carbocycles. The summed E-state index contributed by atoms with van der Waals surface area (Å²) in [5.41, 5.74) is 5.10. The number of aliphatic hydroxyl groups is 1. The fraction of sp³-hybridized carbons (Fsp3) is 0.250. The quantitative estimate of drug-likeness (QED) is 0.747. The summed E-state index contributed by atoms with van der Waals surface area (Å²) >= 11 is 0. The van der Waals surface area contributed by atoms with E-state index in [0.29, 0.717) is 19.8 Å². The van der Waals surface area contributed by atoms with Crippen LogP contribution in [0, 0.1) is 0 Å². The molecule has 0 saturated heterocycles. The lowest BCUT2D eigenvalue weighted by Crippen LogP contribution is -2.46. The maximum atomic E-state index is 11.6. The highest BCUT2D eigenvalue weighted by molar-refractivity contribution is 5.71. The van der Waals surface area contributed by atoms with Crippen LogP contribution in [0.5, 0.6) is 11.5 Å². The smallest absolute Gasteiger partial charge is 0.144 e. The normalized spacial score (nSPS) is 23.9. The highest BCUT2D eigenvalue weighted by Gasteiger charge is 2.56.